The normalized spacial score (nSPS) is 22.0. The molecule has 64 valence electrons. The minimum Gasteiger partial charge on any atom is -0.310 e. The number of benzene rings is 1. The van der Waals surface area contributed by atoms with Crippen molar-refractivity contribution in [1.82, 2.24) is 5.32 Å². The Hall–Kier alpha value is 0.390. The Kier molecular flexibility index (Phi) is 2.72. The molecule has 12 heavy (non-hydrogen) atoms. The van der Waals surface area contributed by atoms with Crippen molar-refractivity contribution in [2.45, 2.75) is 12.5 Å². The molecule has 0 saturated carbocycles. The van der Waals surface area contributed by atoms with Gasteiger partial charge in [-0.3, -0.25) is 0 Å². The van der Waals surface area contributed by atoms with Crippen LogP contribution in [0.15, 0.2) is 22.7 Å². The van der Waals surface area contributed by atoms with Crippen LogP contribution >= 0.6 is 38.5 Å². The lowest BCUT2D eigenvalue weighted by molar-refractivity contribution is 0.383. The quantitative estimate of drug-likeness (QED) is 0.776. The second-order valence-electron chi connectivity index (χ2n) is 2.97. The monoisotopic (exact) mass is 337 g/mol. The number of rotatable bonds is 1. The third-order valence-electron chi connectivity index (χ3n) is 2.17. The summed E-state index contributed by atoms with van der Waals surface area (Å²) in [6.45, 7) is 1.16. The maximum Gasteiger partial charge on any atom is 0.0332 e. The van der Waals surface area contributed by atoms with Gasteiger partial charge < -0.3 is 5.32 Å². The molecule has 0 spiro atoms. The van der Waals surface area contributed by atoms with Gasteiger partial charge in [0, 0.05) is 14.1 Å². The van der Waals surface area contributed by atoms with E-state index in [-0.39, 0.29) is 0 Å². The molecule has 0 radical (unpaired) electrons. The highest BCUT2D eigenvalue weighted by atomic mass is 127. The molecule has 1 N–H and O–H groups in total. The van der Waals surface area contributed by atoms with Gasteiger partial charge in [-0.05, 0) is 69.2 Å². The zero-order valence-electron chi connectivity index (χ0n) is 6.48. The largest absolute Gasteiger partial charge is 0.310 e. The second kappa shape index (κ2) is 3.64. The van der Waals surface area contributed by atoms with E-state index in [2.05, 4.69) is 62.0 Å². The summed E-state index contributed by atoms with van der Waals surface area (Å²) in [6, 6.07) is 7.15. The van der Waals surface area contributed by atoms with Gasteiger partial charge in [0.1, 0.15) is 0 Å². The molecule has 0 aromatic heterocycles. The summed E-state index contributed by atoms with van der Waals surface area (Å²) in [5.74, 6) is 0. The molecule has 1 aliphatic rings. The number of nitrogens with one attached hydrogen (secondary N) is 1. The highest BCUT2D eigenvalue weighted by molar-refractivity contribution is 14.1. The minimum absolute atomic E-state index is 0.596. The molecular weight excluding hydrogens is 329 g/mol. The van der Waals surface area contributed by atoms with E-state index in [1.165, 1.54) is 20.0 Å². The van der Waals surface area contributed by atoms with E-state index in [0.717, 1.165) is 6.54 Å². The third-order valence-corrected chi connectivity index (χ3v) is 4.51. The molecule has 1 nitrogen and oxygen atoms in total. The average Bonchev–Trinajstić information content (AvgIpc) is 1.93. The fourth-order valence-corrected chi connectivity index (χ4v) is 2.03. The Labute approximate surface area is 94.2 Å². The highest BCUT2D eigenvalue weighted by Gasteiger charge is 2.18. The van der Waals surface area contributed by atoms with Crippen LogP contribution in [0.25, 0.3) is 0 Å². The number of halogens is 2. The molecule has 0 unspecified atom stereocenters. The van der Waals surface area contributed by atoms with Crippen molar-refractivity contribution in [3.63, 3.8) is 0 Å². The second-order valence-corrected chi connectivity index (χ2v) is 4.99. The zero-order valence-corrected chi connectivity index (χ0v) is 10.2. The molecule has 1 heterocycles. The summed E-state index contributed by atoms with van der Waals surface area (Å²) in [6.07, 6.45) is 1.27. The fraction of sp³-hybridized carbons (Fsp3) is 0.333. The number of hydrogen-bond donors (Lipinski definition) is 1. The maximum absolute atomic E-state index is 3.53. The van der Waals surface area contributed by atoms with Crippen LogP contribution in [0.1, 0.15) is 18.0 Å². The smallest absolute Gasteiger partial charge is 0.0332 e. The summed E-state index contributed by atoms with van der Waals surface area (Å²) < 4.78 is 2.48. The van der Waals surface area contributed by atoms with Gasteiger partial charge in [0.15, 0.2) is 0 Å². The number of hydrogen-bond acceptors (Lipinski definition) is 1. The summed E-state index contributed by atoms with van der Waals surface area (Å²) in [4.78, 5) is 0. The molecule has 0 bridgehead atoms. The summed E-state index contributed by atoms with van der Waals surface area (Å²) in [5.41, 5.74) is 1.40. The van der Waals surface area contributed by atoms with Crippen LogP contribution in [0.5, 0.6) is 0 Å². The Morgan fingerprint density at radius 2 is 2.25 bits per heavy atom. The lowest BCUT2D eigenvalue weighted by atomic mass is 9.98. The average molecular weight is 338 g/mol. The standard InChI is InChI=1S/C9H9BrIN/c10-7-5-6(1-2-8(7)11)9-3-4-12-9/h1-2,5,9,12H,3-4H2/t9-/m1/s1. The molecule has 0 aliphatic carbocycles. The van der Waals surface area contributed by atoms with Gasteiger partial charge in [-0.2, -0.15) is 0 Å². The van der Waals surface area contributed by atoms with Crippen molar-refractivity contribution in [3.8, 4) is 0 Å². The predicted octanol–water partition coefficient (Wildman–Crippen LogP) is 3.09. The first-order chi connectivity index (χ1) is 5.77. The molecule has 1 aromatic carbocycles. The summed E-state index contributed by atoms with van der Waals surface area (Å²) in [5, 5.41) is 3.39. The van der Waals surface area contributed by atoms with Gasteiger partial charge in [0.25, 0.3) is 0 Å². The van der Waals surface area contributed by atoms with Crippen LogP contribution in [0.3, 0.4) is 0 Å². The Morgan fingerprint density at radius 3 is 2.75 bits per heavy atom. The summed E-state index contributed by atoms with van der Waals surface area (Å²) >= 11 is 5.86. The maximum atomic E-state index is 3.53. The van der Waals surface area contributed by atoms with Gasteiger partial charge in [-0.15, -0.1) is 0 Å². The molecule has 1 aromatic rings. The molecule has 3 heteroatoms. The topological polar surface area (TPSA) is 12.0 Å². The van der Waals surface area contributed by atoms with E-state index in [4.69, 9.17) is 0 Å². The van der Waals surface area contributed by atoms with Crippen molar-refractivity contribution in [2.24, 2.45) is 0 Å². The van der Waals surface area contributed by atoms with Crippen LogP contribution in [0.4, 0.5) is 0 Å². The van der Waals surface area contributed by atoms with Crippen LogP contribution in [0, 0.1) is 3.57 Å². The van der Waals surface area contributed by atoms with E-state index in [1.54, 1.807) is 0 Å². The van der Waals surface area contributed by atoms with Crippen molar-refractivity contribution >= 4 is 38.5 Å². The van der Waals surface area contributed by atoms with Crippen molar-refractivity contribution in [1.29, 1.82) is 0 Å². The molecule has 1 fully saturated rings. The molecule has 1 saturated heterocycles. The van der Waals surface area contributed by atoms with Gasteiger partial charge in [-0.1, -0.05) is 6.07 Å². The lowest BCUT2D eigenvalue weighted by Crippen LogP contribution is -2.34. The molecular formula is C9H9BrIN. The zero-order chi connectivity index (χ0) is 8.55. The lowest BCUT2D eigenvalue weighted by Gasteiger charge is -2.28. The van der Waals surface area contributed by atoms with E-state index >= 15 is 0 Å². The Morgan fingerprint density at radius 1 is 1.50 bits per heavy atom. The third kappa shape index (κ3) is 1.67. The first kappa shape index (κ1) is 8.97. The van der Waals surface area contributed by atoms with Crippen molar-refractivity contribution in [3.05, 3.63) is 31.8 Å². The van der Waals surface area contributed by atoms with E-state index in [0.29, 0.717) is 6.04 Å². The van der Waals surface area contributed by atoms with Crippen LogP contribution in [-0.2, 0) is 0 Å². The highest BCUT2D eigenvalue weighted by Crippen LogP contribution is 2.27. The van der Waals surface area contributed by atoms with Gasteiger partial charge in [0.05, 0.1) is 0 Å². The van der Waals surface area contributed by atoms with Crippen LogP contribution in [-0.4, -0.2) is 6.54 Å². The molecule has 2 rings (SSSR count). The Balaban J connectivity index is 2.27. The minimum atomic E-state index is 0.596. The van der Waals surface area contributed by atoms with E-state index in [9.17, 15) is 0 Å². The Bertz CT molecular complexity index is 297. The van der Waals surface area contributed by atoms with Gasteiger partial charge in [-0.25, -0.2) is 0 Å². The fourth-order valence-electron chi connectivity index (χ4n) is 1.30. The van der Waals surface area contributed by atoms with Gasteiger partial charge >= 0.3 is 0 Å². The van der Waals surface area contributed by atoms with E-state index in [1.807, 2.05) is 0 Å². The first-order valence-corrected chi connectivity index (χ1v) is 5.83. The van der Waals surface area contributed by atoms with Crippen LogP contribution < -0.4 is 5.32 Å². The first-order valence-electron chi connectivity index (χ1n) is 3.96. The van der Waals surface area contributed by atoms with Gasteiger partial charge in [0.2, 0.25) is 0 Å². The van der Waals surface area contributed by atoms with Crippen molar-refractivity contribution < 1.29 is 0 Å². The van der Waals surface area contributed by atoms with Crippen LogP contribution in [0.2, 0.25) is 0 Å². The predicted molar refractivity (Wildman–Crippen MR) is 62.2 cm³/mol. The molecule has 1 aliphatic heterocycles. The van der Waals surface area contributed by atoms with Crippen molar-refractivity contribution in [2.75, 3.05) is 6.54 Å². The molecule has 0 amide bonds. The summed E-state index contributed by atoms with van der Waals surface area (Å²) in [7, 11) is 0. The SMILES string of the molecule is Brc1cc([C@H]2CCN2)ccc1I. The molecule has 1 atom stereocenters. The van der Waals surface area contributed by atoms with E-state index < -0.39 is 0 Å².